The fourth-order valence-electron chi connectivity index (χ4n) is 1.26. The first-order valence-corrected chi connectivity index (χ1v) is 4.28. The van der Waals surface area contributed by atoms with Crippen molar-refractivity contribution in [3.63, 3.8) is 0 Å². The number of halogens is 1. The molecule has 2 heterocycles. The molecule has 0 unspecified atom stereocenters. The molecule has 3 nitrogen and oxygen atoms in total. The molecule has 2 aromatic heterocycles. The monoisotopic (exact) mass is 199 g/mol. The maximum Gasteiger partial charge on any atom is 0.149 e. The van der Waals surface area contributed by atoms with Crippen molar-refractivity contribution in [1.29, 1.82) is 5.26 Å². The lowest BCUT2D eigenvalue weighted by Crippen LogP contribution is -1.92. The van der Waals surface area contributed by atoms with E-state index in [1.807, 2.05) is 6.07 Å². The molecule has 2 aromatic rings. The lowest BCUT2D eigenvalue weighted by Gasteiger charge is -2.02. The fraction of sp³-hybridized carbons (Fsp3) is 0. The normalized spacial score (nSPS) is 9.60. The van der Waals surface area contributed by atoms with Crippen LogP contribution in [0.15, 0.2) is 36.8 Å². The van der Waals surface area contributed by atoms with E-state index in [-0.39, 0.29) is 5.69 Å². The largest absolute Gasteiger partial charge is 0.264 e. The van der Waals surface area contributed by atoms with Crippen LogP contribution in [0.3, 0.4) is 0 Å². The summed E-state index contributed by atoms with van der Waals surface area (Å²) in [4.78, 5) is 7.74. The van der Waals surface area contributed by atoms with Gasteiger partial charge in [-0.3, -0.25) is 9.97 Å². The Bertz CT molecular complexity index is 531. The van der Waals surface area contributed by atoms with Crippen molar-refractivity contribution in [2.45, 2.75) is 0 Å². The van der Waals surface area contributed by atoms with Crippen LogP contribution in [-0.4, -0.2) is 9.97 Å². The Hall–Kier alpha value is -2.28. The maximum atomic E-state index is 13.4. The molecule has 4 heteroatoms. The second-order valence-corrected chi connectivity index (χ2v) is 2.87. The smallest absolute Gasteiger partial charge is 0.149 e. The van der Waals surface area contributed by atoms with Crippen LogP contribution in [0.25, 0.3) is 11.3 Å². The van der Waals surface area contributed by atoms with E-state index in [0.29, 0.717) is 11.1 Å². The minimum Gasteiger partial charge on any atom is -0.264 e. The van der Waals surface area contributed by atoms with E-state index in [4.69, 9.17) is 5.26 Å². The van der Waals surface area contributed by atoms with Crippen molar-refractivity contribution in [3.05, 3.63) is 48.2 Å². The summed E-state index contributed by atoms with van der Waals surface area (Å²) >= 11 is 0. The number of hydrogen-bond acceptors (Lipinski definition) is 3. The highest BCUT2D eigenvalue weighted by molar-refractivity contribution is 5.66. The minimum atomic E-state index is -0.456. The van der Waals surface area contributed by atoms with Gasteiger partial charge in [-0.25, -0.2) is 4.39 Å². The zero-order valence-electron chi connectivity index (χ0n) is 7.68. The van der Waals surface area contributed by atoms with Crippen molar-refractivity contribution in [3.8, 4) is 17.3 Å². The van der Waals surface area contributed by atoms with Gasteiger partial charge in [-0.2, -0.15) is 5.26 Å². The summed E-state index contributed by atoms with van der Waals surface area (Å²) in [5.41, 5.74) is 0.933. The number of rotatable bonds is 1. The van der Waals surface area contributed by atoms with Gasteiger partial charge in [-0.15, -0.1) is 0 Å². The fourth-order valence-corrected chi connectivity index (χ4v) is 1.26. The van der Waals surface area contributed by atoms with Gasteiger partial charge in [0.15, 0.2) is 0 Å². The summed E-state index contributed by atoms with van der Waals surface area (Å²) in [6, 6.07) is 6.31. The van der Waals surface area contributed by atoms with Gasteiger partial charge < -0.3 is 0 Å². The Morgan fingerprint density at radius 2 is 2.13 bits per heavy atom. The molecule has 0 amide bonds. The van der Waals surface area contributed by atoms with Crippen LogP contribution in [-0.2, 0) is 0 Å². The molecule has 0 radical (unpaired) electrons. The molecular formula is C11H6FN3. The van der Waals surface area contributed by atoms with E-state index in [0.717, 1.165) is 0 Å². The molecule has 0 aliphatic rings. The third-order valence-electron chi connectivity index (χ3n) is 1.96. The molecule has 0 saturated carbocycles. The van der Waals surface area contributed by atoms with E-state index in [2.05, 4.69) is 9.97 Å². The van der Waals surface area contributed by atoms with Gasteiger partial charge in [0.1, 0.15) is 11.5 Å². The lowest BCUT2D eigenvalue weighted by molar-refractivity contribution is 0.625. The Kier molecular flexibility index (Phi) is 2.38. The first-order chi connectivity index (χ1) is 7.33. The van der Waals surface area contributed by atoms with Crippen LogP contribution >= 0.6 is 0 Å². The first kappa shape index (κ1) is 9.28. The average Bonchev–Trinajstić information content (AvgIpc) is 2.30. The molecule has 0 atom stereocenters. The summed E-state index contributed by atoms with van der Waals surface area (Å²) in [7, 11) is 0. The second kappa shape index (κ2) is 3.84. The standard InChI is InChI=1S/C11H6FN3/c12-10-2-1-4-15-11(10)9-7-14-5-3-8(9)6-13/h1-5,7H. The molecule has 0 fully saturated rings. The number of pyridine rings is 2. The number of aromatic nitrogens is 2. The van der Waals surface area contributed by atoms with E-state index < -0.39 is 5.82 Å². The van der Waals surface area contributed by atoms with E-state index >= 15 is 0 Å². The Labute approximate surface area is 85.9 Å². The summed E-state index contributed by atoms with van der Waals surface area (Å²) in [6.07, 6.45) is 4.40. The average molecular weight is 199 g/mol. The van der Waals surface area contributed by atoms with Gasteiger partial charge in [0, 0.05) is 24.2 Å². The summed E-state index contributed by atoms with van der Waals surface area (Å²) in [5, 5.41) is 8.84. The van der Waals surface area contributed by atoms with Crippen molar-refractivity contribution in [2.75, 3.05) is 0 Å². The molecule has 0 aliphatic carbocycles. The Morgan fingerprint density at radius 3 is 2.87 bits per heavy atom. The summed E-state index contributed by atoms with van der Waals surface area (Å²) in [5.74, 6) is -0.456. The maximum absolute atomic E-state index is 13.4. The van der Waals surface area contributed by atoms with Gasteiger partial charge in [0.25, 0.3) is 0 Å². The predicted octanol–water partition coefficient (Wildman–Crippen LogP) is 2.15. The number of nitriles is 1. The van der Waals surface area contributed by atoms with Crippen LogP contribution in [0.2, 0.25) is 0 Å². The van der Waals surface area contributed by atoms with Crippen LogP contribution in [0.4, 0.5) is 4.39 Å². The zero-order chi connectivity index (χ0) is 10.7. The highest BCUT2D eigenvalue weighted by atomic mass is 19.1. The second-order valence-electron chi connectivity index (χ2n) is 2.87. The molecule has 0 N–H and O–H groups in total. The zero-order valence-corrected chi connectivity index (χ0v) is 7.68. The molecule has 0 spiro atoms. The molecular weight excluding hydrogens is 193 g/mol. The van der Waals surface area contributed by atoms with E-state index in [1.165, 1.54) is 36.8 Å². The summed E-state index contributed by atoms with van der Waals surface area (Å²) < 4.78 is 13.4. The SMILES string of the molecule is N#Cc1ccncc1-c1ncccc1F. The van der Waals surface area contributed by atoms with Gasteiger partial charge in [-0.05, 0) is 18.2 Å². The van der Waals surface area contributed by atoms with Crippen LogP contribution in [0.5, 0.6) is 0 Å². The minimum absolute atomic E-state index is 0.155. The van der Waals surface area contributed by atoms with Crippen molar-refractivity contribution < 1.29 is 4.39 Å². The van der Waals surface area contributed by atoms with Crippen molar-refractivity contribution in [1.82, 2.24) is 9.97 Å². The van der Waals surface area contributed by atoms with Crippen LogP contribution in [0, 0.1) is 17.1 Å². The van der Waals surface area contributed by atoms with Crippen molar-refractivity contribution >= 4 is 0 Å². The van der Waals surface area contributed by atoms with Crippen LogP contribution in [0.1, 0.15) is 5.56 Å². The van der Waals surface area contributed by atoms with Gasteiger partial charge >= 0.3 is 0 Å². The molecule has 0 aliphatic heterocycles. The highest BCUT2D eigenvalue weighted by Crippen LogP contribution is 2.22. The van der Waals surface area contributed by atoms with E-state index in [1.54, 1.807) is 0 Å². The predicted molar refractivity (Wildman–Crippen MR) is 52.1 cm³/mol. The van der Waals surface area contributed by atoms with Gasteiger partial charge in [0.05, 0.1) is 11.6 Å². The number of hydrogen-bond donors (Lipinski definition) is 0. The third kappa shape index (κ3) is 1.67. The van der Waals surface area contributed by atoms with Gasteiger partial charge in [-0.1, -0.05) is 0 Å². The first-order valence-electron chi connectivity index (χ1n) is 4.28. The highest BCUT2D eigenvalue weighted by Gasteiger charge is 2.10. The molecule has 15 heavy (non-hydrogen) atoms. The number of nitrogens with zero attached hydrogens (tertiary/aromatic N) is 3. The summed E-state index contributed by atoms with van der Waals surface area (Å²) in [6.45, 7) is 0. The van der Waals surface area contributed by atoms with E-state index in [9.17, 15) is 4.39 Å². The molecule has 0 bridgehead atoms. The third-order valence-corrected chi connectivity index (χ3v) is 1.96. The topological polar surface area (TPSA) is 49.6 Å². The lowest BCUT2D eigenvalue weighted by atomic mass is 10.1. The molecule has 0 saturated heterocycles. The quantitative estimate of drug-likeness (QED) is 0.707. The van der Waals surface area contributed by atoms with Gasteiger partial charge in [0.2, 0.25) is 0 Å². The molecule has 2 rings (SSSR count). The van der Waals surface area contributed by atoms with Crippen molar-refractivity contribution in [2.24, 2.45) is 0 Å². The Morgan fingerprint density at radius 1 is 1.27 bits per heavy atom. The Balaban J connectivity index is 2.65. The molecule has 0 aromatic carbocycles. The molecule has 72 valence electrons. The van der Waals surface area contributed by atoms with Crippen LogP contribution < -0.4 is 0 Å².